The molecule has 2 heterocycles. The van der Waals surface area contributed by atoms with Crippen molar-refractivity contribution in [1.29, 1.82) is 0 Å². The molecule has 0 atom stereocenters. The maximum Gasteiger partial charge on any atom is 0.145 e. The largest absolute Gasteiger partial charge is 0.310 e. The molecular formula is C77H54N6. The molecule has 6 heteroatoms. The SMILES string of the molecule is CC1(C)c2cc(N(c3cccc(-n4c(-c5ccccc5)nc5ccccc54)c3)c3cccc4ccccc34)ccc2-c2c1cc(N(c1cccc(-n3c(-c4ccccc4)nc4ccccc43)c1)c1cccc3ccccc13)c1ccccc21. The van der Waals surface area contributed by atoms with Gasteiger partial charge >= 0.3 is 0 Å². The van der Waals surface area contributed by atoms with Gasteiger partial charge in [0, 0.05) is 61.1 Å². The zero-order chi connectivity index (χ0) is 55.2. The van der Waals surface area contributed by atoms with E-state index in [2.05, 4.69) is 324 Å². The second kappa shape index (κ2) is 19.2. The van der Waals surface area contributed by atoms with Crippen LogP contribution in [0.3, 0.4) is 0 Å². The molecule has 1 aliphatic carbocycles. The third kappa shape index (κ3) is 7.79. The van der Waals surface area contributed by atoms with Gasteiger partial charge in [-0.25, -0.2) is 9.97 Å². The molecule has 0 spiro atoms. The van der Waals surface area contributed by atoms with E-state index in [1.54, 1.807) is 0 Å². The molecule has 0 saturated carbocycles. The van der Waals surface area contributed by atoms with Crippen molar-refractivity contribution in [2.75, 3.05) is 9.80 Å². The van der Waals surface area contributed by atoms with Crippen LogP contribution in [0.4, 0.5) is 34.1 Å². The van der Waals surface area contributed by atoms with Crippen LogP contribution in [-0.2, 0) is 5.41 Å². The van der Waals surface area contributed by atoms with Gasteiger partial charge < -0.3 is 9.80 Å². The number of aromatic nitrogens is 4. The summed E-state index contributed by atoms with van der Waals surface area (Å²) in [6.07, 6.45) is 0. The predicted molar refractivity (Wildman–Crippen MR) is 346 cm³/mol. The molecule has 0 N–H and O–H groups in total. The summed E-state index contributed by atoms with van der Waals surface area (Å²) in [5.41, 5.74) is 19.4. The maximum atomic E-state index is 5.25. The highest BCUT2D eigenvalue weighted by molar-refractivity contribution is 6.12. The summed E-state index contributed by atoms with van der Waals surface area (Å²) in [5.74, 6) is 1.80. The van der Waals surface area contributed by atoms with Crippen molar-refractivity contribution in [3.05, 3.63) is 302 Å². The first-order chi connectivity index (χ1) is 40.9. The van der Waals surface area contributed by atoms with Gasteiger partial charge in [0.25, 0.3) is 0 Å². The van der Waals surface area contributed by atoms with Crippen LogP contribution >= 0.6 is 0 Å². The van der Waals surface area contributed by atoms with Gasteiger partial charge in [0.15, 0.2) is 0 Å². The molecule has 0 saturated heterocycles. The molecule has 0 fully saturated rings. The van der Waals surface area contributed by atoms with E-state index in [-0.39, 0.29) is 0 Å². The lowest BCUT2D eigenvalue weighted by atomic mass is 9.81. The Morgan fingerprint density at radius 1 is 0.325 bits per heavy atom. The van der Waals surface area contributed by atoms with Crippen molar-refractivity contribution in [3.8, 4) is 45.3 Å². The standard InChI is InChI=1S/C77H54N6/c1-77(2)65-49-59(80(69-43-19-29-51-23-9-11-35-60(51)69)55-31-21-33-57(47-55)82-71-41-17-15-39-67(71)78-75(82)53-25-5-3-6-26-53)45-46-64(65)74-63-38-14-13-37-62(63)73(50-66(74)77)81(70-44-20-30-52-24-10-12-36-61(52)70)56-32-22-34-58(48-56)83-72-42-18-16-40-68(72)79-76(83)54-27-7-4-8-28-54/h3-50H,1-2H3. The summed E-state index contributed by atoms with van der Waals surface area (Å²) >= 11 is 0. The summed E-state index contributed by atoms with van der Waals surface area (Å²) in [7, 11) is 0. The van der Waals surface area contributed by atoms with Gasteiger partial charge in [0.1, 0.15) is 11.6 Å². The minimum atomic E-state index is -0.418. The first-order valence-electron chi connectivity index (χ1n) is 28.5. The van der Waals surface area contributed by atoms with Gasteiger partial charge in [0.05, 0.1) is 39.1 Å². The zero-order valence-electron chi connectivity index (χ0n) is 45.9. The lowest BCUT2D eigenvalue weighted by Crippen LogP contribution is -2.18. The van der Waals surface area contributed by atoms with Crippen LogP contribution in [0.15, 0.2) is 291 Å². The highest BCUT2D eigenvalue weighted by atomic mass is 15.2. The third-order valence-corrected chi connectivity index (χ3v) is 17.0. The molecule has 0 radical (unpaired) electrons. The molecule has 0 aliphatic heterocycles. The monoisotopic (exact) mass is 1060 g/mol. The molecule has 0 unspecified atom stereocenters. The Morgan fingerprint density at radius 2 is 0.771 bits per heavy atom. The fourth-order valence-electron chi connectivity index (χ4n) is 13.2. The number of nitrogens with zero attached hydrogens (tertiary/aromatic N) is 6. The van der Waals surface area contributed by atoms with Gasteiger partial charge in [-0.2, -0.15) is 0 Å². The molecule has 1 aliphatic rings. The van der Waals surface area contributed by atoms with Gasteiger partial charge in [-0.15, -0.1) is 0 Å². The average molecular weight is 1060 g/mol. The summed E-state index contributed by atoms with van der Waals surface area (Å²) in [5, 5.41) is 7.10. The van der Waals surface area contributed by atoms with Crippen molar-refractivity contribution in [2.24, 2.45) is 0 Å². The van der Waals surface area contributed by atoms with E-state index in [0.29, 0.717) is 0 Å². The average Bonchev–Trinajstić information content (AvgIpc) is 1.88. The van der Waals surface area contributed by atoms with Gasteiger partial charge in [-0.05, 0) is 129 Å². The second-order valence-electron chi connectivity index (χ2n) is 22.2. The van der Waals surface area contributed by atoms with Crippen molar-refractivity contribution >= 4 is 88.5 Å². The molecule has 392 valence electrons. The Labute approximate surface area is 481 Å². The predicted octanol–water partition coefficient (Wildman–Crippen LogP) is 20.4. The number of para-hydroxylation sites is 4. The molecule has 16 rings (SSSR count). The summed E-state index contributed by atoms with van der Waals surface area (Å²) in [4.78, 5) is 15.4. The number of fused-ring (bicyclic) bond motifs is 9. The van der Waals surface area contributed by atoms with E-state index < -0.39 is 5.41 Å². The topological polar surface area (TPSA) is 42.1 Å². The Balaban J connectivity index is 0.886. The van der Waals surface area contributed by atoms with Crippen molar-refractivity contribution in [3.63, 3.8) is 0 Å². The van der Waals surface area contributed by atoms with Gasteiger partial charge in [-0.3, -0.25) is 9.13 Å². The summed E-state index contributed by atoms with van der Waals surface area (Å²) in [6.45, 7) is 4.83. The number of rotatable bonds is 10. The Hall–Kier alpha value is -10.8. The minimum Gasteiger partial charge on any atom is -0.310 e. The first-order valence-corrected chi connectivity index (χ1v) is 28.5. The minimum absolute atomic E-state index is 0.418. The normalized spacial score (nSPS) is 12.6. The molecule has 6 nitrogen and oxygen atoms in total. The van der Waals surface area contributed by atoms with Crippen LogP contribution in [0.2, 0.25) is 0 Å². The van der Waals surface area contributed by atoms with Crippen LogP contribution in [-0.4, -0.2) is 19.1 Å². The van der Waals surface area contributed by atoms with Crippen molar-refractivity contribution in [1.82, 2.24) is 19.1 Å². The summed E-state index contributed by atoms with van der Waals surface area (Å²) < 4.78 is 4.62. The lowest BCUT2D eigenvalue weighted by molar-refractivity contribution is 0.661. The van der Waals surface area contributed by atoms with E-state index in [0.717, 1.165) is 90.3 Å². The van der Waals surface area contributed by atoms with Crippen LogP contribution in [0, 0.1) is 0 Å². The van der Waals surface area contributed by atoms with E-state index in [4.69, 9.17) is 9.97 Å². The Morgan fingerprint density at radius 3 is 1.35 bits per heavy atom. The van der Waals surface area contributed by atoms with Gasteiger partial charge in [0.2, 0.25) is 0 Å². The van der Waals surface area contributed by atoms with Crippen molar-refractivity contribution in [2.45, 2.75) is 19.3 Å². The van der Waals surface area contributed by atoms with Crippen LogP contribution in [0.1, 0.15) is 25.0 Å². The number of anilines is 6. The number of benzene rings is 13. The molecule has 13 aromatic carbocycles. The van der Waals surface area contributed by atoms with E-state index >= 15 is 0 Å². The molecular weight excluding hydrogens is 1010 g/mol. The maximum absolute atomic E-state index is 5.25. The molecule has 0 amide bonds. The van der Waals surface area contributed by atoms with E-state index in [9.17, 15) is 0 Å². The van der Waals surface area contributed by atoms with E-state index in [1.165, 1.54) is 54.6 Å². The van der Waals surface area contributed by atoms with Gasteiger partial charge in [-0.1, -0.05) is 214 Å². The summed E-state index contributed by atoms with van der Waals surface area (Å²) in [6, 6.07) is 105. The van der Waals surface area contributed by atoms with Crippen LogP contribution in [0.5, 0.6) is 0 Å². The quantitative estimate of drug-likeness (QED) is 0.137. The molecule has 2 aromatic heterocycles. The number of hydrogen-bond acceptors (Lipinski definition) is 4. The molecule has 0 bridgehead atoms. The van der Waals surface area contributed by atoms with E-state index in [1.807, 2.05) is 0 Å². The Bertz CT molecular complexity index is 5020. The number of imidazole rings is 2. The Kier molecular flexibility index (Phi) is 11.1. The highest BCUT2D eigenvalue weighted by Crippen LogP contribution is 2.56. The fourth-order valence-corrected chi connectivity index (χ4v) is 13.2. The third-order valence-electron chi connectivity index (χ3n) is 17.0. The van der Waals surface area contributed by atoms with Crippen LogP contribution in [0.25, 0.3) is 99.7 Å². The van der Waals surface area contributed by atoms with Crippen molar-refractivity contribution < 1.29 is 0 Å². The smallest absolute Gasteiger partial charge is 0.145 e. The van der Waals surface area contributed by atoms with Crippen LogP contribution < -0.4 is 9.80 Å². The highest BCUT2D eigenvalue weighted by Gasteiger charge is 2.39. The zero-order valence-corrected chi connectivity index (χ0v) is 45.9. The molecule has 83 heavy (non-hydrogen) atoms. The molecule has 15 aromatic rings. The number of hydrogen-bond donors (Lipinski definition) is 0. The fraction of sp³-hybridized carbons (Fsp3) is 0.0390. The lowest BCUT2D eigenvalue weighted by Gasteiger charge is -2.31. The first kappa shape index (κ1) is 48.1. The second-order valence-corrected chi connectivity index (χ2v) is 22.2.